The van der Waals surface area contributed by atoms with E-state index >= 15 is 0 Å². The first-order valence-corrected chi connectivity index (χ1v) is 8.21. The van der Waals surface area contributed by atoms with Gasteiger partial charge in [0.1, 0.15) is 5.75 Å². The van der Waals surface area contributed by atoms with Gasteiger partial charge >= 0.3 is 0 Å². The molecule has 0 aliphatic carbocycles. The van der Waals surface area contributed by atoms with Crippen LogP contribution in [0.15, 0.2) is 40.9 Å². The molecule has 0 saturated heterocycles. The molecule has 0 atom stereocenters. The Morgan fingerprint density at radius 2 is 1.70 bits per heavy atom. The van der Waals surface area contributed by atoms with E-state index in [1.54, 1.807) is 21.3 Å². The summed E-state index contributed by atoms with van der Waals surface area (Å²) in [6.45, 7) is 1.60. The lowest BCUT2D eigenvalue weighted by atomic mass is 10.1. The van der Waals surface area contributed by atoms with E-state index in [0.29, 0.717) is 0 Å². The maximum atomic E-state index is 5.46. The van der Waals surface area contributed by atoms with E-state index in [4.69, 9.17) is 14.2 Å². The lowest BCUT2D eigenvalue weighted by molar-refractivity contribution is 0.350. The molecule has 0 aromatic heterocycles. The Balaban J connectivity index is 1.91. The van der Waals surface area contributed by atoms with Gasteiger partial charge in [0.15, 0.2) is 11.5 Å². The molecular weight excluding hydrogens is 358 g/mol. The number of hydrogen-bond donors (Lipinski definition) is 1. The summed E-state index contributed by atoms with van der Waals surface area (Å²) in [5, 5.41) is 3.44. The zero-order valence-corrected chi connectivity index (χ0v) is 15.3. The molecule has 5 heteroatoms. The van der Waals surface area contributed by atoms with Crippen molar-refractivity contribution in [2.45, 2.75) is 13.0 Å². The number of ether oxygens (including phenoxy) is 3. The molecule has 0 bridgehead atoms. The molecule has 0 heterocycles. The zero-order chi connectivity index (χ0) is 16.7. The van der Waals surface area contributed by atoms with Crippen molar-refractivity contribution in [1.82, 2.24) is 5.32 Å². The molecule has 2 rings (SSSR count). The van der Waals surface area contributed by atoms with E-state index < -0.39 is 0 Å². The molecule has 23 heavy (non-hydrogen) atoms. The van der Waals surface area contributed by atoms with Crippen LogP contribution in [-0.2, 0) is 13.0 Å². The van der Waals surface area contributed by atoms with Crippen molar-refractivity contribution in [3.05, 3.63) is 52.0 Å². The summed E-state index contributed by atoms with van der Waals surface area (Å²) in [5.74, 6) is 2.38. The van der Waals surface area contributed by atoms with Gasteiger partial charge in [-0.2, -0.15) is 0 Å². The molecule has 0 aliphatic rings. The topological polar surface area (TPSA) is 39.7 Å². The van der Waals surface area contributed by atoms with Crippen LogP contribution in [0.2, 0.25) is 0 Å². The van der Waals surface area contributed by atoms with Crippen molar-refractivity contribution in [3.63, 3.8) is 0 Å². The average molecular weight is 380 g/mol. The minimum atomic E-state index is 0.717. The summed E-state index contributed by atoms with van der Waals surface area (Å²) >= 11 is 3.50. The molecule has 124 valence electrons. The van der Waals surface area contributed by atoms with Crippen LogP contribution in [0.25, 0.3) is 0 Å². The van der Waals surface area contributed by atoms with Gasteiger partial charge in [-0.1, -0.05) is 28.1 Å². The Labute approximate surface area is 145 Å². The van der Waals surface area contributed by atoms with Crippen molar-refractivity contribution < 1.29 is 14.2 Å². The molecule has 0 aliphatic heterocycles. The molecule has 0 fully saturated rings. The maximum Gasteiger partial charge on any atom is 0.165 e. The van der Waals surface area contributed by atoms with E-state index in [2.05, 4.69) is 33.4 Å². The fraction of sp³-hybridized carbons (Fsp3) is 0.333. The number of rotatable bonds is 8. The van der Waals surface area contributed by atoms with Gasteiger partial charge in [0.25, 0.3) is 0 Å². The first-order valence-electron chi connectivity index (χ1n) is 7.42. The van der Waals surface area contributed by atoms with E-state index in [1.165, 1.54) is 5.56 Å². The molecular formula is C18H22BrNO3. The third-order valence-corrected chi connectivity index (χ3v) is 4.04. The van der Waals surface area contributed by atoms with Crippen molar-refractivity contribution in [2.75, 3.05) is 27.9 Å². The zero-order valence-electron chi connectivity index (χ0n) is 13.7. The molecule has 0 radical (unpaired) electrons. The predicted octanol–water partition coefficient (Wildman–Crippen LogP) is 3.81. The highest BCUT2D eigenvalue weighted by Crippen LogP contribution is 2.34. The standard InChI is InChI=1S/C18H22BrNO3/c1-21-16-6-4-13(5-7-16)8-9-20-12-14-10-15(19)11-17(22-2)18(14)23-3/h4-7,10-11,20H,8-9,12H2,1-3H3. The third-order valence-electron chi connectivity index (χ3n) is 3.59. The van der Waals surface area contributed by atoms with E-state index in [0.717, 1.165) is 46.8 Å². The summed E-state index contributed by atoms with van der Waals surface area (Å²) < 4.78 is 17.0. The van der Waals surface area contributed by atoms with Crippen molar-refractivity contribution in [3.8, 4) is 17.2 Å². The van der Waals surface area contributed by atoms with Crippen LogP contribution >= 0.6 is 15.9 Å². The van der Waals surface area contributed by atoms with Crippen molar-refractivity contribution in [2.24, 2.45) is 0 Å². The van der Waals surface area contributed by atoms with Crippen molar-refractivity contribution >= 4 is 15.9 Å². The molecule has 1 N–H and O–H groups in total. The van der Waals surface area contributed by atoms with Gasteiger partial charge in [-0.25, -0.2) is 0 Å². The van der Waals surface area contributed by atoms with Gasteiger partial charge in [-0.3, -0.25) is 0 Å². The highest BCUT2D eigenvalue weighted by molar-refractivity contribution is 9.10. The number of methoxy groups -OCH3 is 3. The average Bonchev–Trinajstić information content (AvgIpc) is 2.58. The molecule has 2 aromatic rings. The normalized spacial score (nSPS) is 10.4. The fourth-order valence-electron chi connectivity index (χ4n) is 2.39. The second kappa shape index (κ2) is 8.79. The van der Waals surface area contributed by atoms with Gasteiger partial charge in [0.2, 0.25) is 0 Å². The minimum Gasteiger partial charge on any atom is -0.497 e. The molecule has 0 saturated carbocycles. The summed E-state index contributed by atoms with van der Waals surface area (Å²) in [4.78, 5) is 0. The molecule has 2 aromatic carbocycles. The number of halogens is 1. The van der Waals surface area contributed by atoms with Crippen LogP contribution in [0.4, 0.5) is 0 Å². The summed E-state index contributed by atoms with van der Waals surface area (Å²) in [6, 6.07) is 12.1. The maximum absolute atomic E-state index is 5.46. The lowest BCUT2D eigenvalue weighted by Gasteiger charge is -2.14. The third kappa shape index (κ3) is 4.88. The number of hydrogen-bond acceptors (Lipinski definition) is 4. The first-order chi connectivity index (χ1) is 11.2. The minimum absolute atomic E-state index is 0.717. The highest BCUT2D eigenvalue weighted by atomic mass is 79.9. The van der Waals surface area contributed by atoms with Crippen LogP contribution in [0, 0.1) is 0 Å². The largest absolute Gasteiger partial charge is 0.497 e. The summed E-state index contributed by atoms with van der Waals surface area (Å²) in [5.41, 5.74) is 2.34. The van der Waals surface area contributed by atoms with Crippen LogP contribution in [-0.4, -0.2) is 27.9 Å². The quantitative estimate of drug-likeness (QED) is 0.707. The smallest absolute Gasteiger partial charge is 0.165 e. The fourth-order valence-corrected chi connectivity index (χ4v) is 2.87. The van der Waals surface area contributed by atoms with Crippen molar-refractivity contribution in [1.29, 1.82) is 0 Å². The van der Waals surface area contributed by atoms with Crippen LogP contribution in [0.1, 0.15) is 11.1 Å². The highest BCUT2D eigenvalue weighted by Gasteiger charge is 2.11. The second-order valence-electron chi connectivity index (χ2n) is 5.08. The second-order valence-corrected chi connectivity index (χ2v) is 5.99. The monoisotopic (exact) mass is 379 g/mol. The van der Waals surface area contributed by atoms with Gasteiger partial charge in [-0.05, 0) is 42.8 Å². The van der Waals surface area contributed by atoms with E-state index in [-0.39, 0.29) is 0 Å². The van der Waals surface area contributed by atoms with Gasteiger partial charge in [-0.15, -0.1) is 0 Å². The Kier molecular flexibility index (Phi) is 6.74. The predicted molar refractivity (Wildman–Crippen MR) is 95.7 cm³/mol. The molecule has 4 nitrogen and oxygen atoms in total. The van der Waals surface area contributed by atoms with E-state index in [9.17, 15) is 0 Å². The lowest BCUT2D eigenvalue weighted by Crippen LogP contribution is -2.17. The number of benzene rings is 2. The molecule has 0 unspecified atom stereocenters. The molecule has 0 spiro atoms. The Bertz CT molecular complexity index is 629. The summed E-state index contributed by atoms with van der Waals surface area (Å²) in [7, 11) is 4.98. The van der Waals surface area contributed by atoms with Crippen LogP contribution in [0.3, 0.4) is 0 Å². The van der Waals surface area contributed by atoms with Gasteiger partial charge in [0, 0.05) is 16.6 Å². The summed E-state index contributed by atoms with van der Waals surface area (Å²) in [6.07, 6.45) is 0.956. The Morgan fingerprint density at radius 3 is 2.30 bits per heavy atom. The van der Waals surface area contributed by atoms with Crippen LogP contribution in [0.5, 0.6) is 17.2 Å². The molecule has 0 amide bonds. The Morgan fingerprint density at radius 1 is 0.957 bits per heavy atom. The van der Waals surface area contributed by atoms with Crippen LogP contribution < -0.4 is 19.5 Å². The first kappa shape index (κ1) is 17.6. The Hall–Kier alpha value is -1.72. The van der Waals surface area contributed by atoms with Gasteiger partial charge < -0.3 is 19.5 Å². The number of nitrogens with one attached hydrogen (secondary N) is 1. The van der Waals surface area contributed by atoms with Gasteiger partial charge in [0.05, 0.1) is 21.3 Å². The van der Waals surface area contributed by atoms with E-state index in [1.807, 2.05) is 24.3 Å². The SMILES string of the molecule is COc1ccc(CCNCc2cc(Br)cc(OC)c2OC)cc1.